The maximum absolute atomic E-state index is 13.7. The molecule has 0 unspecified atom stereocenters. The van der Waals surface area contributed by atoms with Crippen molar-refractivity contribution in [2.75, 3.05) is 13.2 Å². The quantitative estimate of drug-likeness (QED) is 0.0742. The molecule has 1 N–H and O–H groups in total. The fraction of sp³-hybridized carbons (Fsp3) is 0.333. The number of benzene rings is 3. The molecule has 5 rings (SSSR count). The molecular formula is C36H35Cl3N2O9. The Balaban J connectivity index is 1.53. The van der Waals surface area contributed by atoms with Crippen molar-refractivity contribution >= 4 is 58.5 Å². The minimum Gasteiger partial charge on any atom is -0.482 e. The first-order chi connectivity index (χ1) is 23.9. The third kappa shape index (κ3) is 9.22. The van der Waals surface area contributed by atoms with Crippen LogP contribution < -0.4 is 4.74 Å². The average molecular weight is 746 g/mol. The second kappa shape index (κ2) is 16.8. The summed E-state index contributed by atoms with van der Waals surface area (Å²) < 4.78 is 33.9. The average Bonchev–Trinajstić information content (AvgIpc) is 3.29. The summed E-state index contributed by atoms with van der Waals surface area (Å²) in [5.41, 5.74) is 1.97. The zero-order chi connectivity index (χ0) is 35.8. The molecule has 2 heterocycles. The van der Waals surface area contributed by atoms with Gasteiger partial charge >= 0.3 is 5.97 Å². The lowest BCUT2D eigenvalue weighted by molar-refractivity contribution is -0.279. The van der Waals surface area contributed by atoms with Gasteiger partial charge in [-0.15, -0.1) is 0 Å². The third-order valence-corrected chi connectivity index (χ3v) is 8.61. The van der Waals surface area contributed by atoms with Crippen LogP contribution in [0.3, 0.4) is 0 Å². The predicted molar refractivity (Wildman–Crippen MR) is 185 cm³/mol. The van der Waals surface area contributed by atoms with Crippen LogP contribution in [0.2, 0.25) is 0 Å². The van der Waals surface area contributed by atoms with E-state index in [1.807, 2.05) is 60.7 Å². The molecule has 2 amide bonds. The highest BCUT2D eigenvalue weighted by Gasteiger charge is 2.57. The summed E-state index contributed by atoms with van der Waals surface area (Å²) >= 11 is 18.0. The normalized spacial score (nSPS) is 22.4. The van der Waals surface area contributed by atoms with Crippen LogP contribution in [0, 0.1) is 5.41 Å². The Hall–Kier alpha value is -3.97. The Kier molecular flexibility index (Phi) is 12.5. The number of rotatable bonds is 13. The van der Waals surface area contributed by atoms with Crippen molar-refractivity contribution in [1.29, 1.82) is 5.41 Å². The largest absolute Gasteiger partial charge is 0.482 e. The molecule has 3 aromatic carbocycles. The van der Waals surface area contributed by atoms with Gasteiger partial charge in [0.05, 0.1) is 19.8 Å². The molecule has 3 aromatic rings. The van der Waals surface area contributed by atoms with E-state index in [2.05, 4.69) is 0 Å². The highest BCUT2D eigenvalue weighted by atomic mass is 35.6. The lowest BCUT2D eigenvalue weighted by Crippen LogP contribution is -2.68. The minimum absolute atomic E-state index is 0.0373. The number of para-hydroxylation sites is 1. The molecule has 11 nitrogen and oxygen atoms in total. The molecule has 0 aromatic heterocycles. The summed E-state index contributed by atoms with van der Waals surface area (Å²) in [5, 5.41) is 8.36. The number of alkyl halides is 3. The van der Waals surface area contributed by atoms with Crippen molar-refractivity contribution in [3.8, 4) is 5.75 Å². The van der Waals surface area contributed by atoms with E-state index in [-0.39, 0.29) is 31.0 Å². The Morgan fingerprint density at radius 1 is 0.800 bits per heavy atom. The van der Waals surface area contributed by atoms with Crippen molar-refractivity contribution in [1.82, 2.24) is 4.90 Å². The minimum atomic E-state index is -2.32. The Morgan fingerprint density at radius 2 is 1.34 bits per heavy atom. The zero-order valence-corrected chi connectivity index (χ0v) is 29.4. The van der Waals surface area contributed by atoms with Crippen LogP contribution in [0.25, 0.3) is 0 Å². The van der Waals surface area contributed by atoms with Gasteiger partial charge in [0.15, 0.2) is 12.7 Å². The fourth-order valence-electron chi connectivity index (χ4n) is 5.43. The third-order valence-electron chi connectivity index (χ3n) is 8.09. The number of nitrogens with zero attached hydrogens (tertiary/aromatic N) is 1. The van der Waals surface area contributed by atoms with Crippen molar-refractivity contribution in [2.45, 2.75) is 61.5 Å². The molecule has 2 aliphatic rings. The van der Waals surface area contributed by atoms with E-state index in [9.17, 15) is 14.4 Å². The Labute approximate surface area is 304 Å². The first kappa shape index (κ1) is 37.3. The summed E-state index contributed by atoms with van der Waals surface area (Å²) in [6.07, 6.45) is -5.34. The topological polar surface area (TPSA) is 134 Å². The van der Waals surface area contributed by atoms with E-state index in [4.69, 9.17) is 68.6 Å². The Bertz CT molecular complexity index is 1660. The summed E-state index contributed by atoms with van der Waals surface area (Å²) in [6, 6.07) is 25.7. The number of amides is 2. The number of hydrogen-bond acceptors (Lipinski definition) is 10. The van der Waals surface area contributed by atoms with Crippen molar-refractivity contribution in [3.05, 3.63) is 113 Å². The van der Waals surface area contributed by atoms with Crippen molar-refractivity contribution < 1.29 is 42.8 Å². The highest BCUT2D eigenvalue weighted by Crippen LogP contribution is 2.37. The molecule has 2 aliphatic heterocycles. The van der Waals surface area contributed by atoms with Crippen LogP contribution in [0.5, 0.6) is 5.75 Å². The van der Waals surface area contributed by atoms with E-state index in [1.165, 1.54) is 13.8 Å². The molecule has 0 radical (unpaired) electrons. The maximum Gasteiger partial charge on any atom is 0.344 e. The summed E-state index contributed by atoms with van der Waals surface area (Å²) in [4.78, 5) is 41.7. The number of esters is 1. The molecule has 0 saturated carbocycles. The molecule has 1 saturated heterocycles. The fourth-order valence-corrected chi connectivity index (χ4v) is 5.57. The molecular weight excluding hydrogens is 711 g/mol. The van der Waals surface area contributed by atoms with Crippen LogP contribution in [0.4, 0.5) is 0 Å². The standard InChI is InChI=1S/C36H35Cl3N2O9/c1-22-23(2)33(44)41(32(22)43)29-31(47-19-25-14-8-4-9-15-25)30(49-28(42)21-46-26-16-10-5-11-17-26)27(20-45-18-24-12-6-3-7-13-24)48-34(29)50-35(40)36(37,38)39/h3-17,27,29-31,34,40H,18-21H2,1-2H3/t27-,29-,30-,31-,34+/m1/s1. The van der Waals surface area contributed by atoms with Gasteiger partial charge in [-0.25, -0.2) is 4.79 Å². The zero-order valence-electron chi connectivity index (χ0n) is 27.1. The summed E-state index contributed by atoms with van der Waals surface area (Å²) in [5.74, 6) is -2.50. The molecule has 0 bridgehead atoms. The van der Waals surface area contributed by atoms with Gasteiger partial charge in [-0.3, -0.25) is 19.9 Å². The molecule has 0 aliphatic carbocycles. The lowest BCUT2D eigenvalue weighted by Gasteiger charge is -2.47. The van der Waals surface area contributed by atoms with Gasteiger partial charge in [0.25, 0.3) is 15.6 Å². The lowest BCUT2D eigenvalue weighted by atomic mass is 9.94. The first-order valence-corrected chi connectivity index (χ1v) is 16.7. The van der Waals surface area contributed by atoms with Crippen LogP contribution in [-0.2, 0) is 51.3 Å². The van der Waals surface area contributed by atoms with Gasteiger partial charge in [0.2, 0.25) is 12.2 Å². The second-order valence-electron chi connectivity index (χ2n) is 11.5. The number of carbonyl (C=O) groups is 3. The van der Waals surface area contributed by atoms with Gasteiger partial charge in [-0.05, 0) is 37.1 Å². The van der Waals surface area contributed by atoms with E-state index in [1.54, 1.807) is 30.3 Å². The van der Waals surface area contributed by atoms with Crippen LogP contribution in [-0.4, -0.2) is 76.2 Å². The Morgan fingerprint density at radius 3 is 1.90 bits per heavy atom. The molecule has 50 heavy (non-hydrogen) atoms. The number of halogens is 3. The highest BCUT2D eigenvalue weighted by molar-refractivity contribution is 6.76. The maximum atomic E-state index is 13.7. The SMILES string of the molecule is CC1=C(C)C(=O)N([C@H]2[C@H](OC(=N)C(Cl)(Cl)Cl)O[C@H](COCc3ccccc3)[C@@H](OC(=O)COc3ccccc3)[C@@H]2OCc2ccccc2)C1=O. The number of imide groups is 1. The number of ether oxygens (including phenoxy) is 6. The second-order valence-corrected chi connectivity index (χ2v) is 13.8. The first-order valence-electron chi connectivity index (χ1n) is 15.6. The molecule has 0 spiro atoms. The van der Waals surface area contributed by atoms with Gasteiger partial charge in [-0.1, -0.05) is 114 Å². The van der Waals surface area contributed by atoms with Gasteiger partial charge < -0.3 is 28.4 Å². The van der Waals surface area contributed by atoms with Crippen molar-refractivity contribution in [2.24, 2.45) is 0 Å². The molecule has 264 valence electrons. The van der Waals surface area contributed by atoms with Gasteiger partial charge in [0, 0.05) is 11.1 Å². The van der Waals surface area contributed by atoms with Crippen molar-refractivity contribution in [3.63, 3.8) is 0 Å². The smallest absolute Gasteiger partial charge is 0.344 e. The molecule has 1 fully saturated rings. The van der Waals surface area contributed by atoms with Crippen LogP contribution in [0.1, 0.15) is 25.0 Å². The van der Waals surface area contributed by atoms with Crippen LogP contribution in [0.15, 0.2) is 102 Å². The molecule has 5 atom stereocenters. The summed E-state index contributed by atoms with van der Waals surface area (Å²) in [6.45, 7) is 2.49. The van der Waals surface area contributed by atoms with E-state index in [0.29, 0.717) is 5.75 Å². The van der Waals surface area contributed by atoms with E-state index >= 15 is 0 Å². The number of hydrogen-bond donors (Lipinski definition) is 1. The van der Waals surface area contributed by atoms with Gasteiger partial charge in [0.1, 0.15) is 24.0 Å². The number of carbonyl (C=O) groups excluding carboxylic acids is 3. The van der Waals surface area contributed by atoms with Gasteiger partial charge in [-0.2, -0.15) is 0 Å². The monoisotopic (exact) mass is 744 g/mol. The van der Waals surface area contributed by atoms with E-state index in [0.717, 1.165) is 16.0 Å². The van der Waals surface area contributed by atoms with E-state index < -0.39 is 64.7 Å². The molecule has 14 heteroatoms. The number of nitrogens with one attached hydrogen (secondary N) is 1. The van der Waals surface area contributed by atoms with Crippen LogP contribution >= 0.6 is 34.8 Å². The summed E-state index contributed by atoms with van der Waals surface area (Å²) in [7, 11) is 0. The predicted octanol–water partition coefficient (Wildman–Crippen LogP) is 5.94.